The fraction of sp³-hybridized carbons (Fsp3) is 0.542. The van der Waals surface area contributed by atoms with Crippen LogP contribution in [0, 0.1) is 5.92 Å². The van der Waals surface area contributed by atoms with Crippen LogP contribution in [0.1, 0.15) is 38.7 Å². The van der Waals surface area contributed by atoms with Crippen molar-refractivity contribution in [1.29, 1.82) is 0 Å². The third kappa shape index (κ3) is 12.0. The van der Waals surface area contributed by atoms with Crippen molar-refractivity contribution in [2.24, 2.45) is 17.4 Å². The van der Waals surface area contributed by atoms with Crippen molar-refractivity contribution in [2.75, 3.05) is 12.0 Å². The molecule has 1 aromatic carbocycles. The van der Waals surface area contributed by atoms with Gasteiger partial charge in [0.2, 0.25) is 23.6 Å². The normalized spacial score (nSPS) is 14.2. The standard InChI is InChI=1S/C24H37N5O7S/c1-13(2)10-18(23(34)29-19(24(35)36)12-20(26)31)28-22(33)17(8-9-37-3)27-21(32)16(25)11-14-4-6-15(30)7-5-14/h4-7,13,16-19,30H,8-12,25H2,1-3H3,(H2,26,31)(H,27,32)(H,28,33)(H,29,34)(H,35,36). The van der Waals surface area contributed by atoms with Gasteiger partial charge in [0.25, 0.3) is 0 Å². The highest BCUT2D eigenvalue weighted by Gasteiger charge is 2.31. The van der Waals surface area contributed by atoms with Crippen LogP contribution in [0.2, 0.25) is 0 Å². The molecule has 206 valence electrons. The van der Waals surface area contributed by atoms with Gasteiger partial charge in [0.1, 0.15) is 23.9 Å². The third-order valence-electron chi connectivity index (χ3n) is 5.33. The van der Waals surface area contributed by atoms with E-state index in [2.05, 4.69) is 16.0 Å². The first-order chi connectivity index (χ1) is 17.3. The van der Waals surface area contributed by atoms with Crippen LogP contribution in [0.3, 0.4) is 0 Å². The van der Waals surface area contributed by atoms with E-state index in [0.717, 1.165) is 5.56 Å². The number of nitrogens with two attached hydrogens (primary N) is 2. The average Bonchev–Trinajstić information content (AvgIpc) is 2.81. The quantitative estimate of drug-likeness (QED) is 0.144. The molecule has 4 unspecified atom stereocenters. The Morgan fingerprint density at radius 3 is 1.97 bits per heavy atom. The number of hydrogen-bond acceptors (Lipinski definition) is 8. The molecular formula is C24H37N5O7S. The third-order valence-corrected chi connectivity index (χ3v) is 5.98. The van der Waals surface area contributed by atoms with E-state index in [9.17, 15) is 34.2 Å². The van der Waals surface area contributed by atoms with Gasteiger partial charge in [-0.25, -0.2) is 4.79 Å². The van der Waals surface area contributed by atoms with Crippen molar-refractivity contribution in [3.05, 3.63) is 29.8 Å². The lowest BCUT2D eigenvalue weighted by Crippen LogP contribution is -2.57. The first-order valence-corrected chi connectivity index (χ1v) is 13.2. The predicted octanol–water partition coefficient (Wildman–Crippen LogP) is -0.524. The number of aromatic hydroxyl groups is 1. The number of carbonyl (C=O) groups is 5. The van der Waals surface area contributed by atoms with Gasteiger partial charge in [-0.05, 0) is 54.9 Å². The van der Waals surface area contributed by atoms with E-state index in [1.807, 2.05) is 20.1 Å². The van der Waals surface area contributed by atoms with Gasteiger partial charge >= 0.3 is 5.97 Å². The minimum absolute atomic E-state index is 0.0477. The molecule has 0 radical (unpaired) electrons. The van der Waals surface area contributed by atoms with Gasteiger partial charge in [-0.15, -0.1) is 0 Å². The summed E-state index contributed by atoms with van der Waals surface area (Å²) >= 11 is 1.47. The molecule has 0 saturated carbocycles. The Hall–Kier alpha value is -3.32. The molecule has 4 amide bonds. The minimum atomic E-state index is -1.54. The number of phenols is 1. The van der Waals surface area contributed by atoms with Gasteiger partial charge in [-0.2, -0.15) is 11.8 Å². The molecule has 1 aromatic rings. The van der Waals surface area contributed by atoms with E-state index < -0.39 is 60.2 Å². The smallest absolute Gasteiger partial charge is 0.326 e. The number of carboxylic acid groups (broad SMARTS) is 1. The van der Waals surface area contributed by atoms with Gasteiger partial charge in [0, 0.05) is 0 Å². The van der Waals surface area contributed by atoms with Gasteiger partial charge in [-0.1, -0.05) is 26.0 Å². The van der Waals surface area contributed by atoms with Gasteiger partial charge in [0.05, 0.1) is 12.5 Å². The molecule has 0 bridgehead atoms. The van der Waals surface area contributed by atoms with Crippen LogP contribution in [-0.4, -0.2) is 76.0 Å². The first kappa shape index (κ1) is 31.7. The van der Waals surface area contributed by atoms with Crippen molar-refractivity contribution in [2.45, 2.75) is 63.7 Å². The molecule has 0 heterocycles. The lowest BCUT2D eigenvalue weighted by atomic mass is 10.0. The Morgan fingerprint density at radius 2 is 1.46 bits per heavy atom. The Kier molecular flexibility index (Phi) is 13.5. The highest BCUT2D eigenvalue weighted by Crippen LogP contribution is 2.12. The molecule has 0 spiro atoms. The van der Waals surface area contributed by atoms with Crippen LogP contribution in [0.5, 0.6) is 5.75 Å². The number of rotatable bonds is 16. The average molecular weight is 540 g/mol. The summed E-state index contributed by atoms with van der Waals surface area (Å²) in [5.74, 6) is -3.74. The summed E-state index contributed by atoms with van der Waals surface area (Å²) in [7, 11) is 0. The van der Waals surface area contributed by atoms with Crippen molar-refractivity contribution in [3.8, 4) is 5.75 Å². The SMILES string of the molecule is CSCCC(NC(=O)C(N)Cc1ccc(O)cc1)C(=O)NC(CC(C)C)C(=O)NC(CC(N)=O)C(=O)O. The van der Waals surface area contributed by atoms with Gasteiger partial charge in [-0.3, -0.25) is 19.2 Å². The second-order valence-electron chi connectivity index (χ2n) is 9.08. The van der Waals surface area contributed by atoms with Crippen molar-refractivity contribution >= 4 is 41.4 Å². The summed E-state index contributed by atoms with van der Waals surface area (Å²) < 4.78 is 0. The summed E-state index contributed by atoms with van der Waals surface area (Å²) in [6, 6.07) is 1.63. The molecule has 9 N–H and O–H groups in total. The largest absolute Gasteiger partial charge is 0.508 e. The highest BCUT2D eigenvalue weighted by atomic mass is 32.2. The van der Waals surface area contributed by atoms with Crippen LogP contribution in [0.25, 0.3) is 0 Å². The lowest BCUT2D eigenvalue weighted by Gasteiger charge is -2.26. The molecule has 4 atom stereocenters. The zero-order valence-corrected chi connectivity index (χ0v) is 22.0. The van der Waals surface area contributed by atoms with Crippen LogP contribution in [-0.2, 0) is 30.4 Å². The summed E-state index contributed by atoms with van der Waals surface area (Å²) in [5, 5.41) is 26.2. The summed E-state index contributed by atoms with van der Waals surface area (Å²) in [5.41, 5.74) is 11.8. The fourth-order valence-corrected chi connectivity index (χ4v) is 3.88. The number of benzene rings is 1. The topological polar surface area (TPSA) is 214 Å². The van der Waals surface area contributed by atoms with Crippen molar-refractivity contribution < 1.29 is 34.2 Å². The van der Waals surface area contributed by atoms with E-state index in [1.54, 1.807) is 12.1 Å². The maximum atomic E-state index is 13.1. The molecule has 37 heavy (non-hydrogen) atoms. The fourth-order valence-electron chi connectivity index (χ4n) is 3.41. The zero-order valence-electron chi connectivity index (χ0n) is 21.2. The van der Waals surface area contributed by atoms with Crippen LogP contribution >= 0.6 is 11.8 Å². The molecule has 0 fully saturated rings. The lowest BCUT2D eigenvalue weighted by molar-refractivity contribution is -0.143. The second-order valence-corrected chi connectivity index (χ2v) is 10.1. The molecule has 1 rings (SSSR count). The maximum Gasteiger partial charge on any atom is 0.326 e. The number of hydrogen-bond donors (Lipinski definition) is 7. The maximum absolute atomic E-state index is 13.1. The summed E-state index contributed by atoms with van der Waals surface area (Å²) in [6.07, 6.45) is 1.86. The van der Waals surface area contributed by atoms with Crippen molar-refractivity contribution in [1.82, 2.24) is 16.0 Å². The zero-order chi connectivity index (χ0) is 28.1. The molecule has 0 aliphatic carbocycles. The molecule has 12 nitrogen and oxygen atoms in total. The molecule has 0 aliphatic rings. The Labute approximate surface area is 220 Å². The number of aliphatic carboxylic acids is 1. The Bertz CT molecular complexity index is 942. The number of carboxylic acids is 1. The summed E-state index contributed by atoms with van der Waals surface area (Å²) in [4.78, 5) is 61.3. The number of phenolic OH excluding ortho intramolecular Hbond substituents is 1. The first-order valence-electron chi connectivity index (χ1n) is 11.8. The van der Waals surface area contributed by atoms with E-state index >= 15 is 0 Å². The number of carbonyl (C=O) groups excluding carboxylic acids is 4. The van der Waals surface area contributed by atoms with Crippen molar-refractivity contribution in [3.63, 3.8) is 0 Å². The Balaban J connectivity index is 2.95. The van der Waals surface area contributed by atoms with Crippen LogP contribution in [0.15, 0.2) is 24.3 Å². The molecule has 0 aliphatic heterocycles. The number of nitrogens with one attached hydrogen (secondary N) is 3. The van der Waals surface area contributed by atoms with E-state index in [4.69, 9.17) is 11.5 Å². The Morgan fingerprint density at radius 1 is 0.919 bits per heavy atom. The molecule has 13 heteroatoms. The molecule has 0 saturated heterocycles. The monoisotopic (exact) mass is 539 g/mol. The number of amides is 4. The van der Waals surface area contributed by atoms with E-state index in [-0.39, 0.29) is 30.9 Å². The van der Waals surface area contributed by atoms with E-state index in [1.165, 1.54) is 23.9 Å². The van der Waals surface area contributed by atoms with Crippen LogP contribution in [0.4, 0.5) is 0 Å². The number of thioether (sulfide) groups is 1. The van der Waals surface area contributed by atoms with Crippen LogP contribution < -0.4 is 27.4 Å². The highest BCUT2D eigenvalue weighted by molar-refractivity contribution is 7.98. The van der Waals surface area contributed by atoms with Gasteiger partial charge < -0.3 is 37.6 Å². The van der Waals surface area contributed by atoms with E-state index in [0.29, 0.717) is 5.75 Å². The number of primary amides is 1. The summed E-state index contributed by atoms with van der Waals surface area (Å²) in [6.45, 7) is 3.64. The van der Waals surface area contributed by atoms with Gasteiger partial charge in [0.15, 0.2) is 0 Å². The molecular weight excluding hydrogens is 502 g/mol. The second kappa shape index (κ2) is 15.7. The molecule has 0 aromatic heterocycles. The minimum Gasteiger partial charge on any atom is -0.508 e. The predicted molar refractivity (Wildman–Crippen MR) is 139 cm³/mol.